The minimum Gasteiger partial charge on any atom is -0.393 e. The van der Waals surface area contributed by atoms with Crippen LogP contribution in [0.4, 0.5) is 0 Å². The normalized spacial score (nSPS) is 13.1. The summed E-state index contributed by atoms with van der Waals surface area (Å²) in [5, 5.41) is 19.8. The van der Waals surface area contributed by atoms with Crippen LogP contribution in [0.25, 0.3) is 0 Å². The molecule has 166 valence electrons. The Labute approximate surface area is 179 Å². The maximum absolute atomic E-state index is 12.3. The zero-order valence-corrected chi connectivity index (χ0v) is 18.2. The largest absolute Gasteiger partial charge is 0.393 e. The Bertz CT molecular complexity index is 837. The van der Waals surface area contributed by atoms with Gasteiger partial charge < -0.3 is 10.2 Å². The van der Waals surface area contributed by atoms with Crippen LogP contribution >= 0.6 is 0 Å². The van der Waals surface area contributed by atoms with Crippen molar-refractivity contribution >= 4 is 15.9 Å². The third kappa shape index (κ3) is 9.17. The summed E-state index contributed by atoms with van der Waals surface area (Å²) in [4.78, 5) is 12.3. The van der Waals surface area contributed by atoms with Crippen LogP contribution in [0.5, 0.6) is 0 Å². The van der Waals surface area contributed by atoms with Crippen molar-refractivity contribution in [2.75, 3.05) is 12.4 Å². The molecule has 0 amide bonds. The maximum Gasteiger partial charge on any atom is 0.264 e. The van der Waals surface area contributed by atoms with Crippen molar-refractivity contribution in [2.45, 2.75) is 51.0 Å². The van der Waals surface area contributed by atoms with Crippen molar-refractivity contribution in [1.82, 2.24) is 0 Å². The summed E-state index contributed by atoms with van der Waals surface area (Å²) in [7, 11) is -3.72. The van der Waals surface area contributed by atoms with E-state index < -0.39 is 28.1 Å². The van der Waals surface area contributed by atoms with Crippen LogP contribution in [-0.4, -0.2) is 41.3 Å². The van der Waals surface area contributed by atoms with E-state index in [1.54, 1.807) is 60.7 Å². The number of rotatable bonds is 11. The smallest absolute Gasteiger partial charge is 0.264 e. The molecule has 2 rings (SSSR count). The van der Waals surface area contributed by atoms with Gasteiger partial charge in [-0.3, -0.25) is 9.35 Å². The van der Waals surface area contributed by atoms with Gasteiger partial charge in [0.25, 0.3) is 10.1 Å². The van der Waals surface area contributed by atoms with Gasteiger partial charge in [-0.2, -0.15) is 8.42 Å². The summed E-state index contributed by atoms with van der Waals surface area (Å²) in [6.07, 6.45) is 6.14. The van der Waals surface area contributed by atoms with Crippen molar-refractivity contribution in [3.05, 3.63) is 71.8 Å². The first kappa shape index (κ1) is 26.0. The molecule has 0 heterocycles. The number of Topliss-reactive ketones (excluding diaryl/α,β-unsaturated/α-hetero) is 1. The fourth-order valence-corrected chi connectivity index (χ4v) is 3.47. The van der Waals surface area contributed by atoms with Crippen LogP contribution in [0.1, 0.15) is 61.4 Å². The van der Waals surface area contributed by atoms with Crippen molar-refractivity contribution < 1.29 is 28.0 Å². The van der Waals surface area contributed by atoms with Crippen LogP contribution in [0, 0.1) is 0 Å². The highest BCUT2D eigenvalue weighted by Gasteiger charge is 2.37. The molecule has 0 saturated heterocycles. The molecule has 0 radical (unpaired) electrons. The second-order valence-corrected chi connectivity index (χ2v) is 8.71. The van der Waals surface area contributed by atoms with Crippen molar-refractivity contribution in [2.24, 2.45) is 0 Å². The van der Waals surface area contributed by atoms with E-state index in [1.807, 2.05) is 0 Å². The number of carbonyl (C=O) groups excluding carboxylic acids is 1. The topological polar surface area (TPSA) is 112 Å². The van der Waals surface area contributed by atoms with E-state index in [4.69, 9.17) is 4.55 Å². The predicted octanol–water partition coefficient (Wildman–Crippen LogP) is 3.98. The molecule has 0 aliphatic rings. The average Bonchev–Trinajstić information content (AvgIpc) is 2.76. The first-order valence-corrected chi connectivity index (χ1v) is 11.8. The van der Waals surface area contributed by atoms with Gasteiger partial charge in [0, 0.05) is 5.56 Å². The number of hydrogen-bond donors (Lipinski definition) is 3. The summed E-state index contributed by atoms with van der Waals surface area (Å²) >= 11 is 0. The number of hydrogen-bond acceptors (Lipinski definition) is 5. The standard InChI is InChI=1S/C15H14O3.C8H18O3S/c16-11-15(18,13-9-5-2-6-10-13)14(17)12-7-3-1-4-8-12;1-2-3-4-5-6-7-8-12(9,10)11/h1-10,16,18H,11H2;2-8H2,1H3,(H,9,10,11). The lowest BCUT2D eigenvalue weighted by molar-refractivity contribution is -0.00399. The zero-order chi connectivity index (χ0) is 22.5. The molecule has 7 heteroatoms. The predicted molar refractivity (Wildman–Crippen MR) is 118 cm³/mol. The van der Waals surface area contributed by atoms with Gasteiger partial charge >= 0.3 is 0 Å². The molecule has 0 bridgehead atoms. The van der Waals surface area contributed by atoms with Crippen LogP contribution in [0.2, 0.25) is 0 Å². The Kier molecular flexibility index (Phi) is 11.5. The van der Waals surface area contributed by atoms with E-state index in [-0.39, 0.29) is 5.75 Å². The number of aliphatic hydroxyl groups is 2. The Morgan fingerprint density at radius 2 is 1.37 bits per heavy atom. The van der Waals surface area contributed by atoms with E-state index in [2.05, 4.69) is 6.92 Å². The molecule has 0 aliphatic heterocycles. The molecular formula is C23H32O6S. The third-order valence-electron chi connectivity index (χ3n) is 4.65. The van der Waals surface area contributed by atoms with Crippen molar-refractivity contribution in [3.8, 4) is 0 Å². The number of carbonyl (C=O) groups is 1. The Balaban J connectivity index is 0.000000329. The van der Waals surface area contributed by atoms with Gasteiger partial charge in [0.15, 0.2) is 5.60 Å². The van der Waals surface area contributed by atoms with Gasteiger partial charge in [-0.25, -0.2) is 0 Å². The Morgan fingerprint density at radius 1 is 0.867 bits per heavy atom. The second kappa shape index (κ2) is 13.3. The quantitative estimate of drug-likeness (QED) is 0.279. The highest BCUT2D eigenvalue weighted by Crippen LogP contribution is 2.25. The van der Waals surface area contributed by atoms with E-state index in [9.17, 15) is 23.4 Å². The molecule has 0 spiro atoms. The lowest BCUT2D eigenvalue weighted by Gasteiger charge is -2.24. The van der Waals surface area contributed by atoms with Gasteiger partial charge in [-0.05, 0) is 12.0 Å². The van der Waals surface area contributed by atoms with E-state index >= 15 is 0 Å². The summed E-state index contributed by atoms with van der Waals surface area (Å²) in [5.41, 5.74) is -1.12. The lowest BCUT2D eigenvalue weighted by Crippen LogP contribution is -2.39. The highest BCUT2D eigenvalue weighted by molar-refractivity contribution is 7.85. The zero-order valence-electron chi connectivity index (χ0n) is 17.4. The van der Waals surface area contributed by atoms with Gasteiger partial charge in [-0.15, -0.1) is 0 Å². The summed E-state index contributed by atoms with van der Waals surface area (Å²) < 4.78 is 28.9. The minimum atomic E-state index is -3.72. The van der Waals surface area contributed by atoms with E-state index in [0.717, 1.165) is 12.8 Å². The number of unbranched alkanes of at least 4 members (excludes halogenated alkanes) is 5. The number of aliphatic hydroxyl groups excluding tert-OH is 1. The van der Waals surface area contributed by atoms with E-state index in [0.29, 0.717) is 17.5 Å². The summed E-state index contributed by atoms with van der Waals surface area (Å²) in [5.74, 6) is -0.587. The fourth-order valence-electron chi connectivity index (χ4n) is 2.90. The summed E-state index contributed by atoms with van der Waals surface area (Å²) in [6, 6.07) is 16.9. The second-order valence-electron chi connectivity index (χ2n) is 7.13. The molecule has 30 heavy (non-hydrogen) atoms. The Morgan fingerprint density at radius 3 is 1.87 bits per heavy atom. The highest BCUT2D eigenvalue weighted by atomic mass is 32.2. The average molecular weight is 437 g/mol. The van der Waals surface area contributed by atoms with Crippen molar-refractivity contribution in [1.29, 1.82) is 0 Å². The fraction of sp³-hybridized carbons (Fsp3) is 0.435. The molecule has 1 atom stereocenters. The Hall–Kier alpha value is -2.06. The van der Waals surface area contributed by atoms with Gasteiger partial charge in [0.05, 0.1) is 12.4 Å². The minimum absolute atomic E-state index is 0.0842. The first-order chi connectivity index (χ1) is 14.2. The molecule has 1 unspecified atom stereocenters. The van der Waals surface area contributed by atoms with Crippen LogP contribution < -0.4 is 0 Å². The third-order valence-corrected chi connectivity index (χ3v) is 5.45. The summed E-state index contributed by atoms with van der Waals surface area (Å²) in [6.45, 7) is 1.49. The lowest BCUT2D eigenvalue weighted by atomic mass is 9.87. The van der Waals surface area contributed by atoms with Crippen LogP contribution in [-0.2, 0) is 15.7 Å². The van der Waals surface area contributed by atoms with Gasteiger partial charge in [0.2, 0.25) is 5.78 Å². The van der Waals surface area contributed by atoms with Crippen LogP contribution in [0.3, 0.4) is 0 Å². The maximum atomic E-state index is 12.3. The molecule has 0 saturated carbocycles. The van der Waals surface area contributed by atoms with Crippen molar-refractivity contribution in [3.63, 3.8) is 0 Å². The first-order valence-electron chi connectivity index (χ1n) is 10.2. The molecule has 6 nitrogen and oxygen atoms in total. The van der Waals surface area contributed by atoms with E-state index in [1.165, 1.54) is 19.3 Å². The molecule has 2 aromatic carbocycles. The number of ketones is 1. The monoisotopic (exact) mass is 436 g/mol. The molecule has 3 N–H and O–H groups in total. The van der Waals surface area contributed by atoms with Crippen LogP contribution in [0.15, 0.2) is 60.7 Å². The SMILES string of the molecule is CCCCCCCCS(=O)(=O)O.O=C(c1ccccc1)C(O)(CO)c1ccccc1. The molecule has 2 aromatic rings. The number of benzene rings is 2. The van der Waals surface area contributed by atoms with Gasteiger partial charge in [0.1, 0.15) is 0 Å². The molecule has 0 aromatic heterocycles. The molecular weight excluding hydrogens is 404 g/mol. The molecule has 0 fully saturated rings. The van der Waals surface area contributed by atoms with Gasteiger partial charge in [-0.1, -0.05) is 99.7 Å². The molecule has 0 aliphatic carbocycles.